The first-order valence-electron chi connectivity index (χ1n) is 10.7. The van der Waals surface area contributed by atoms with Gasteiger partial charge in [0.15, 0.2) is 23.9 Å². The van der Waals surface area contributed by atoms with E-state index in [1.807, 2.05) is 19.1 Å². The normalized spacial score (nSPS) is 16.2. The zero-order valence-corrected chi connectivity index (χ0v) is 18.0. The molecule has 3 aromatic rings. The molecular formula is C23H27N5O4. The number of ether oxygens (including phenoxy) is 2. The fraction of sp³-hybridized carbons (Fsp3) is 0.391. The second-order valence-corrected chi connectivity index (χ2v) is 7.78. The van der Waals surface area contributed by atoms with Crippen LogP contribution in [0.5, 0.6) is 11.5 Å². The molecule has 9 nitrogen and oxygen atoms in total. The Labute approximate surface area is 186 Å². The van der Waals surface area contributed by atoms with Crippen LogP contribution in [0.4, 0.5) is 0 Å². The highest BCUT2D eigenvalue weighted by Gasteiger charge is 2.25. The number of aliphatic carboxylic acids is 1. The summed E-state index contributed by atoms with van der Waals surface area (Å²) in [6, 6.07) is 5.68. The second kappa shape index (κ2) is 10.2. The third kappa shape index (κ3) is 5.42. The van der Waals surface area contributed by atoms with Gasteiger partial charge in [0.2, 0.25) is 0 Å². The number of H-pyrrole nitrogens is 1. The van der Waals surface area contributed by atoms with Gasteiger partial charge in [-0.1, -0.05) is 6.07 Å². The van der Waals surface area contributed by atoms with Crippen molar-refractivity contribution in [3.8, 4) is 23.0 Å². The van der Waals surface area contributed by atoms with Crippen molar-refractivity contribution >= 4 is 5.97 Å². The van der Waals surface area contributed by atoms with Crippen molar-refractivity contribution in [2.75, 3.05) is 26.3 Å². The van der Waals surface area contributed by atoms with Gasteiger partial charge in [0.1, 0.15) is 5.69 Å². The number of aromatic nitrogens is 4. The highest BCUT2D eigenvalue weighted by molar-refractivity contribution is 5.68. The molecule has 4 rings (SSSR count). The van der Waals surface area contributed by atoms with E-state index in [1.54, 1.807) is 30.9 Å². The molecule has 1 aromatic carbocycles. The number of nitrogens with one attached hydrogen (secondary N) is 1. The quantitative estimate of drug-likeness (QED) is 0.498. The van der Waals surface area contributed by atoms with E-state index >= 15 is 0 Å². The van der Waals surface area contributed by atoms with Gasteiger partial charge in [0.05, 0.1) is 12.3 Å². The fourth-order valence-corrected chi connectivity index (χ4v) is 4.04. The Bertz CT molecular complexity index is 1040. The Kier molecular flexibility index (Phi) is 6.96. The highest BCUT2D eigenvalue weighted by Crippen LogP contribution is 2.30. The summed E-state index contributed by atoms with van der Waals surface area (Å²) in [6.07, 6.45) is 8.89. The van der Waals surface area contributed by atoms with E-state index in [0.29, 0.717) is 24.0 Å². The number of likely N-dealkylation sites (tertiary alicyclic amines) is 1. The Morgan fingerprint density at radius 1 is 1.19 bits per heavy atom. The van der Waals surface area contributed by atoms with Crippen LogP contribution in [-0.4, -0.2) is 62.2 Å². The van der Waals surface area contributed by atoms with Crippen molar-refractivity contribution in [2.24, 2.45) is 5.92 Å². The first-order valence-corrected chi connectivity index (χ1v) is 10.7. The second-order valence-electron chi connectivity index (χ2n) is 7.78. The Balaban J connectivity index is 1.38. The molecule has 1 aliphatic heterocycles. The van der Waals surface area contributed by atoms with E-state index in [-0.39, 0.29) is 0 Å². The number of imidazole rings is 1. The van der Waals surface area contributed by atoms with Crippen molar-refractivity contribution in [1.29, 1.82) is 0 Å². The van der Waals surface area contributed by atoms with E-state index in [4.69, 9.17) is 14.6 Å². The summed E-state index contributed by atoms with van der Waals surface area (Å²) in [7, 11) is 0. The van der Waals surface area contributed by atoms with Gasteiger partial charge >= 0.3 is 5.97 Å². The van der Waals surface area contributed by atoms with Gasteiger partial charge < -0.3 is 19.6 Å². The van der Waals surface area contributed by atoms with Crippen molar-refractivity contribution in [1.82, 2.24) is 24.8 Å². The number of nitrogens with zero attached hydrogens (tertiary/aromatic N) is 4. The minimum absolute atomic E-state index is 0.393. The van der Waals surface area contributed by atoms with E-state index in [1.165, 1.54) is 0 Å². The SMILES string of the molecule is CCOc1cc(CN2CC[C@H](Cc3nccnc3-c3ncc[nH]3)C2)ccc1OCC(=O)O. The van der Waals surface area contributed by atoms with Crippen LogP contribution in [-0.2, 0) is 17.8 Å². The number of hydrogen-bond donors (Lipinski definition) is 2. The van der Waals surface area contributed by atoms with Gasteiger partial charge in [-0.25, -0.2) is 14.8 Å². The molecule has 0 saturated carbocycles. The molecule has 168 valence electrons. The number of hydrogen-bond acceptors (Lipinski definition) is 7. The van der Waals surface area contributed by atoms with Crippen LogP contribution in [0.3, 0.4) is 0 Å². The molecule has 0 radical (unpaired) electrons. The van der Waals surface area contributed by atoms with Gasteiger partial charge in [-0.2, -0.15) is 0 Å². The van der Waals surface area contributed by atoms with E-state index < -0.39 is 12.6 Å². The minimum Gasteiger partial charge on any atom is -0.490 e. The maximum absolute atomic E-state index is 10.8. The predicted molar refractivity (Wildman–Crippen MR) is 117 cm³/mol. The van der Waals surface area contributed by atoms with Crippen molar-refractivity contribution in [3.63, 3.8) is 0 Å². The van der Waals surface area contributed by atoms with Crippen molar-refractivity contribution < 1.29 is 19.4 Å². The molecule has 0 unspecified atom stereocenters. The summed E-state index contributed by atoms with van der Waals surface area (Å²) in [5, 5.41) is 8.86. The molecule has 0 aliphatic carbocycles. The molecule has 2 aromatic heterocycles. The number of carbonyl (C=O) groups is 1. The Hall–Kier alpha value is -3.46. The summed E-state index contributed by atoms with van der Waals surface area (Å²) in [6.45, 7) is 4.74. The van der Waals surface area contributed by atoms with Gasteiger partial charge in [0, 0.05) is 37.9 Å². The lowest BCUT2D eigenvalue weighted by molar-refractivity contribution is -0.139. The molecule has 1 fully saturated rings. The molecule has 0 spiro atoms. The molecule has 1 saturated heterocycles. The van der Waals surface area contributed by atoms with Crippen LogP contribution in [0.2, 0.25) is 0 Å². The van der Waals surface area contributed by atoms with Crippen LogP contribution in [0.1, 0.15) is 24.6 Å². The Morgan fingerprint density at radius 2 is 2.06 bits per heavy atom. The summed E-state index contributed by atoms with van der Waals surface area (Å²) < 4.78 is 11.0. The average molecular weight is 438 g/mol. The molecule has 0 amide bonds. The smallest absolute Gasteiger partial charge is 0.341 e. The highest BCUT2D eigenvalue weighted by atomic mass is 16.5. The van der Waals surface area contributed by atoms with Gasteiger partial charge in [-0.3, -0.25) is 9.88 Å². The molecule has 9 heteroatoms. The van der Waals surface area contributed by atoms with Crippen molar-refractivity contribution in [3.05, 3.63) is 54.2 Å². The topological polar surface area (TPSA) is 113 Å². The van der Waals surface area contributed by atoms with Gasteiger partial charge in [-0.15, -0.1) is 0 Å². The van der Waals surface area contributed by atoms with Crippen LogP contribution < -0.4 is 9.47 Å². The lowest BCUT2D eigenvalue weighted by atomic mass is 10.0. The number of rotatable bonds is 10. The summed E-state index contributed by atoms with van der Waals surface area (Å²) in [4.78, 5) is 29.7. The van der Waals surface area contributed by atoms with Crippen LogP contribution in [0, 0.1) is 5.92 Å². The van der Waals surface area contributed by atoms with E-state index in [2.05, 4.69) is 24.8 Å². The minimum atomic E-state index is -1.02. The molecule has 1 aliphatic rings. The Morgan fingerprint density at radius 3 is 2.84 bits per heavy atom. The maximum Gasteiger partial charge on any atom is 0.341 e. The summed E-state index contributed by atoms with van der Waals surface area (Å²) in [5.41, 5.74) is 2.88. The fourth-order valence-electron chi connectivity index (χ4n) is 4.04. The predicted octanol–water partition coefficient (Wildman–Crippen LogP) is 2.79. The zero-order valence-electron chi connectivity index (χ0n) is 18.0. The maximum atomic E-state index is 10.8. The van der Waals surface area contributed by atoms with Crippen molar-refractivity contribution in [2.45, 2.75) is 26.3 Å². The van der Waals surface area contributed by atoms with E-state index in [0.717, 1.165) is 55.3 Å². The zero-order chi connectivity index (χ0) is 22.3. The van der Waals surface area contributed by atoms with Crippen LogP contribution >= 0.6 is 0 Å². The number of benzene rings is 1. The van der Waals surface area contributed by atoms with Gasteiger partial charge in [0.25, 0.3) is 0 Å². The lowest BCUT2D eigenvalue weighted by Crippen LogP contribution is -2.21. The lowest BCUT2D eigenvalue weighted by Gasteiger charge is -2.18. The molecule has 0 bridgehead atoms. The number of carboxylic acids is 1. The largest absolute Gasteiger partial charge is 0.490 e. The first kappa shape index (κ1) is 21.8. The third-order valence-corrected chi connectivity index (χ3v) is 5.41. The molecule has 32 heavy (non-hydrogen) atoms. The molecular weight excluding hydrogens is 410 g/mol. The first-order chi connectivity index (χ1) is 15.6. The van der Waals surface area contributed by atoms with Crippen LogP contribution in [0.15, 0.2) is 43.0 Å². The number of carboxylic acid groups (broad SMARTS) is 1. The van der Waals surface area contributed by atoms with Crippen LogP contribution in [0.25, 0.3) is 11.5 Å². The third-order valence-electron chi connectivity index (χ3n) is 5.41. The monoisotopic (exact) mass is 437 g/mol. The molecule has 2 N–H and O–H groups in total. The summed E-state index contributed by atoms with van der Waals surface area (Å²) >= 11 is 0. The average Bonchev–Trinajstić information content (AvgIpc) is 3.46. The van der Waals surface area contributed by atoms with E-state index in [9.17, 15) is 4.79 Å². The standard InChI is InChI=1S/C23H27N5O4/c1-2-31-20-12-16(3-4-19(20)32-15-21(29)30)13-28-10-5-17(14-28)11-18-22(25-7-6-24-18)23-26-8-9-27-23/h3-4,6-9,12,17H,2,5,10-11,13-15H2,1H3,(H,26,27)(H,29,30)/t17-/m1/s1. The molecule has 3 heterocycles. The summed E-state index contributed by atoms with van der Waals surface area (Å²) in [5.74, 6) is 1.24. The molecule has 1 atom stereocenters. The number of aromatic amines is 1. The van der Waals surface area contributed by atoms with Gasteiger partial charge in [-0.05, 0) is 49.9 Å².